The molecule has 4 rings (SSSR count). The standard InChI is InChI=1S/C15H19N5/c1-11-16-4-5-19(11)7-12-8-20(9-12)15-6-14(13-2-3-13)17-10-18-15/h4-6,10,12-13H,2-3,7-9H2,1H3. The van der Waals surface area contributed by atoms with Crippen molar-refractivity contribution >= 4 is 5.82 Å². The Morgan fingerprint density at radius 3 is 2.75 bits per heavy atom. The summed E-state index contributed by atoms with van der Waals surface area (Å²) in [5, 5.41) is 0. The SMILES string of the molecule is Cc1nccn1CC1CN(c2cc(C3CC3)ncn2)C1. The highest BCUT2D eigenvalue weighted by molar-refractivity contribution is 5.43. The molecule has 2 aromatic rings. The van der Waals surface area contributed by atoms with Crippen LogP contribution in [0.4, 0.5) is 5.82 Å². The molecule has 20 heavy (non-hydrogen) atoms. The first-order valence-electron chi connectivity index (χ1n) is 7.34. The molecule has 1 saturated heterocycles. The van der Waals surface area contributed by atoms with Crippen molar-refractivity contribution in [1.82, 2.24) is 19.5 Å². The number of hydrogen-bond donors (Lipinski definition) is 0. The van der Waals surface area contributed by atoms with E-state index in [1.165, 1.54) is 18.5 Å². The van der Waals surface area contributed by atoms with E-state index >= 15 is 0 Å². The van der Waals surface area contributed by atoms with Gasteiger partial charge in [0.25, 0.3) is 0 Å². The van der Waals surface area contributed by atoms with Crippen LogP contribution >= 0.6 is 0 Å². The number of hydrogen-bond acceptors (Lipinski definition) is 4. The van der Waals surface area contributed by atoms with Crippen molar-refractivity contribution in [2.45, 2.75) is 32.2 Å². The molecule has 0 atom stereocenters. The summed E-state index contributed by atoms with van der Waals surface area (Å²) in [4.78, 5) is 15.4. The Balaban J connectivity index is 1.38. The first kappa shape index (κ1) is 11.9. The maximum atomic E-state index is 4.42. The molecule has 0 spiro atoms. The molecule has 2 aliphatic rings. The van der Waals surface area contributed by atoms with E-state index in [2.05, 4.69) is 43.6 Å². The fourth-order valence-corrected chi connectivity index (χ4v) is 2.88. The summed E-state index contributed by atoms with van der Waals surface area (Å²) in [7, 11) is 0. The lowest BCUT2D eigenvalue weighted by molar-refractivity contribution is 0.352. The van der Waals surface area contributed by atoms with E-state index in [1.54, 1.807) is 6.33 Å². The summed E-state index contributed by atoms with van der Waals surface area (Å²) >= 11 is 0. The highest BCUT2D eigenvalue weighted by Crippen LogP contribution is 2.39. The van der Waals surface area contributed by atoms with Crippen LogP contribution in [0, 0.1) is 12.8 Å². The van der Waals surface area contributed by atoms with Gasteiger partial charge in [0.1, 0.15) is 18.0 Å². The van der Waals surface area contributed by atoms with Gasteiger partial charge >= 0.3 is 0 Å². The normalized spacial score (nSPS) is 19.1. The van der Waals surface area contributed by atoms with Gasteiger partial charge in [0.2, 0.25) is 0 Å². The molecule has 1 saturated carbocycles. The first-order valence-corrected chi connectivity index (χ1v) is 7.34. The molecule has 5 nitrogen and oxygen atoms in total. The zero-order valence-corrected chi connectivity index (χ0v) is 11.7. The molecular formula is C15H19N5. The zero-order valence-electron chi connectivity index (χ0n) is 11.7. The van der Waals surface area contributed by atoms with Gasteiger partial charge in [-0.15, -0.1) is 0 Å². The van der Waals surface area contributed by atoms with Crippen molar-refractivity contribution in [1.29, 1.82) is 0 Å². The molecule has 2 fully saturated rings. The molecule has 0 aromatic carbocycles. The highest BCUT2D eigenvalue weighted by Gasteiger charge is 2.30. The quantitative estimate of drug-likeness (QED) is 0.851. The third-order valence-corrected chi connectivity index (χ3v) is 4.33. The predicted molar refractivity (Wildman–Crippen MR) is 76.7 cm³/mol. The van der Waals surface area contributed by atoms with E-state index in [9.17, 15) is 0 Å². The van der Waals surface area contributed by atoms with Gasteiger partial charge in [0.05, 0.1) is 0 Å². The second-order valence-corrected chi connectivity index (χ2v) is 5.97. The lowest BCUT2D eigenvalue weighted by Crippen LogP contribution is -2.49. The predicted octanol–water partition coefficient (Wildman–Crippen LogP) is 2.00. The number of aromatic nitrogens is 4. The summed E-state index contributed by atoms with van der Waals surface area (Å²) in [5.41, 5.74) is 1.23. The summed E-state index contributed by atoms with van der Waals surface area (Å²) in [6.45, 7) is 5.28. The zero-order chi connectivity index (χ0) is 13.5. The molecule has 104 valence electrons. The van der Waals surface area contributed by atoms with Gasteiger partial charge in [0, 0.05) is 55.6 Å². The summed E-state index contributed by atoms with van der Waals surface area (Å²) in [6, 6.07) is 2.18. The molecule has 1 aliphatic carbocycles. The number of nitrogens with zero attached hydrogens (tertiary/aromatic N) is 5. The van der Waals surface area contributed by atoms with Crippen LogP contribution in [-0.2, 0) is 6.54 Å². The Kier molecular flexibility index (Phi) is 2.72. The molecule has 5 heteroatoms. The second-order valence-electron chi connectivity index (χ2n) is 5.97. The van der Waals surface area contributed by atoms with E-state index in [-0.39, 0.29) is 0 Å². The minimum Gasteiger partial charge on any atom is -0.356 e. The van der Waals surface area contributed by atoms with Crippen LogP contribution < -0.4 is 4.90 Å². The molecule has 2 aromatic heterocycles. The topological polar surface area (TPSA) is 46.8 Å². The van der Waals surface area contributed by atoms with Gasteiger partial charge in [-0.05, 0) is 19.8 Å². The minimum absolute atomic E-state index is 0.697. The second kappa shape index (κ2) is 4.58. The minimum atomic E-state index is 0.697. The maximum Gasteiger partial charge on any atom is 0.132 e. The summed E-state index contributed by atoms with van der Waals surface area (Å²) < 4.78 is 2.23. The Morgan fingerprint density at radius 1 is 1.20 bits per heavy atom. The van der Waals surface area contributed by atoms with E-state index in [4.69, 9.17) is 0 Å². The van der Waals surface area contributed by atoms with Gasteiger partial charge in [-0.3, -0.25) is 0 Å². The smallest absolute Gasteiger partial charge is 0.132 e. The van der Waals surface area contributed by atoms with E-state index in [0.717, 1.165) is 31.3 Å². The van der Waals surface area contributed by atoms with Gasteiger partial charge in [-0.1, -0.05) is 0 Å². The number of imidazole rings is 1. The van der Waals surface area contributed by atoms with Crippen molar-refractivity contribution in [2.75, 3.05) is 18.0 Å². The van der Waals surface area contributed by atoms with Crippen molar-refractivity contribution in [2.24, 2.45) is 5.92 Å². The van der Waals surface area contributed by atoms with Crippen molar-refractivity contribution in [3.05, 3.63) is 36.3 Å². The summed E-state index contributed by atoms with van der Waals surface area (Å²) in [5.74, 6) is 3.59. The van der Waals surface area contributed by atoms with Crippen LogP contribution in [0.15, 0.2) is 24.8 Å². The third kappa shape index (κ3) is 2.17. The summed E-state index contributed by atoms with van der Waals surface area (Å²) in [6.07, 6.45) is 8.24. The number of aryl methyl sites for hydroxylation is 1. The van der Waals surface area contributed by atoms with Gasteiger partial charge in [-0.2, -0.15) is 0 Å². The number of anilines is 1. The average Bonchev–Trinajstić information content (AvgIpc) is 3.18. The van der Waals surface area contributed by atoms with Gasteiger partial charge < -0.3 is 9.47 Å². The molecule has 0 bridgehead atoms. The average molecular weight is 269 g/mol. The highest BCUT2D eigenvalue weighted by atomic mass is 15.3. The maximum absolute atomic E-state index is 4.42. The van der Waals surface area contributed by atoms with Crippen LogP contribution in [-0.4, -0.2) is 32.6 Å². The number of rotatable bonds is 4. The Labute approximate surface area is 118 Å². The van der Waals surface area contributed by atoms with E-state index in [0.29, 0.717) is 11.8 Å². The van der Waals surface area contributed by atoms with Crippen LogP contribution in [0.25, 0.3) is 0 Å². The Bertz CT molecular complexity index is 610. The molecule has 0 amide bonds. The van der Waals surface area contributed by atoms with Crippen molar-refractivity contribution in [3.63, 3.8) is 0 Å². The van der Waals surface area contributed by atoms with Gasteiger partial charge in [-0.25, -0.2) is 15.0 Å². The third-order valence-electron chi connectivity index (χ3n) is 4.33. The van der Waals surface area contributed by atoms with Crippen LogP contribution in [0.2, 0.25) is 0 Å². The van der Waals surface area contributed by atoms with Crippen molar-refractivity contribution < 1.29 is 0 Å². The molecule has 3 heterocycles. The molecular weight excluding hydrogens is 250 g/mol. The monoisotopic (exact) mass is 269 g/mol. The van der Waals surface area contributed by atoms with Crippen LogP contribution in [0.1, 0.15) is 30.3 Å². The molecule has 0 unspecified atom stereocenters. The molecule has 0 radical (unpaired) electrons. The van der Waals surface area contributed by atoms with Crippen LogP contribution in [0.5, 0.6) is 0 Å². The van der Waals surface area contributed by atoms with Gasteiger partial charge in [0.15, 0.2) is 0 Å². The molecule has 0 N–H and O–H groups in total. The van der Waals surface area contributed by atoms with E-state index < -0.39 is 0 Å². The molecule has 1 aliphatic heterocycles. The van der Waals surface area contributed by atoms with Crippen LogP contribution in [0.3, 0.4) is 0 Å². The largest absolute Gasteiger partial charge is 0.356 e. The Hall–Kier alpha value is -1.91. The fraction of sp³-hybridized carbons (Fsp3) is 0.533. The fourth-order valence-electron chi connectivity index (χ4n) is 2.88. The van der Waals surface area contributed by atoms with E-state index in [1.807, 2.05) is 6.20 Å². The lowest BCUT2D eigenvalue weighted by Gasteiger charge is -2.40. The lowest BCUT2D eigenvalue weighted by atomic mass is 10.00. The first-order chi connectivity index (χ1) is 9.79. The van der Waals surface area contributed by atoms with Crippen molar-refractivity contribution in [3.8, 4) is 0 Å². The Morgan fingerprint density at radius 2 is 2.05 bits per heavy atom.